The van der Waals surface area contributed by atoms with Gasteiger partial charge in [0, 0.05) is 0 Å². The second kappa shape index (κ2) is 3.34. The quantitative estimate of drug-likeness (QED) is 0.630. The van der Waals surface area contributed by atoms with E-state index in [2.05, 4.69) is 5.32 Å². The molecule has 1 aliphatic heterocycles. The normalized spacial score (nSPS) is 27.1. The minimum atomic E-state index is 0. The van der Waals surface area contributed by atoms with Crippen LogP contribution in [0.2, 0.25) is 0 Å². The largest absolute Gasteiger partial charge is 2.00 e. The summed E-state index contributed by atoms with van der Waals surface area (Å²) in [5.74, 6) is 0. The first kappa shape index (κ1) is 7.32. The molecule has 0 aromatic heterocycles. The summed E-state index contributed by atoms with van der Waals surface area (Å²) < 4.78 is 0. The van der Waals surface area contributed by atoms with Gasteiger partial charge >= 0.3 is 21.1 Å². The number of hydrogen-bond acceptors (Lipinski definition) is 1. The van der Waals surface area contributed by atoms with Crippen LogP contribution in [0.25, 0.3) is 5.32 Å². The summed E-state index contributed by atoms with van der Waals surface area (Å²) in [7, 11) is 0. The second-order valence-electron chi connectivity index (χ2n) is 1.40. The standard InChI is InChI=1S/C4H6NO.W/c6-3-4-1-2-5-4;/h3-4H,1-2H2;/q-1;+2. The first-order chi connectivity index (χ1) is 2.93. The molecule has 0 spiro atoms. The molecule has 1 heterocycles. The van der Waals surface area contributed by atoms with Gasteiger partial charge in [0.05, 0.1) is 0 Å². The number of carbonyl (C=O) groups excluding carboxylic acids is 1. The maximum absolute atomic E-state index is 9.69. The summed E-state index contributed by atoms with van der Waals surface area (Å²) in [5, 5.41) is 3.82. The van der Waals surface area contributed by atoms with Crippen molar-refractivity contribution in [2.75, 3.05) is 6.54 Å². The van der Waals surface area contributed by atoms with Crippen molar-refractivity contribution < 1.29 is 25.9 Å². The van der Waals surface area contributed by atoms with Crippen LogP contribution in [-0.4, -0.2) is 18.9 Å². The third-order valence-electron chi connectivity index (χ3n) is 0.946. The van der Waals surface area contributed by atoms with Crippen molar-refractivity contribution in [1.29, 1.82) is 0 Å². The van der Waals surface area contributed by atoms with Gasteiger partial charge < -0.3 is 10.1 Å². The zero-order chi connectivity index (χ0) is 4.41. The Balaban J connectivity index is 0.000000360. The summed E-state index contributed by atoms with van der Waals surface area (Å²) in [5.41, 5.74) is 0. The number of aldehydes is 1. The van der Waals surface area contributed by atoms with E-state index in [1.54, 1.807) is 0 Å². The first-order valence-electron chi connectivity index (χ1n) is 2.05. The predicted octanol–water partition coefficient (Wildman–Crippen LogP) is 0.329. The number of hydrogen-bond donors (Lipinski definition) is 0. The molecule has 0 aliphatic carbocycles. The Morgan fingerprint density at radius 3 is 2.29 bits per heavy atom. The summed E-state index contributed by atoms with van der Waals surface area (Å²) in [6, 6.07) is 0.0602. The molecule has 1 atom stereocenters. The fourth-order valence-corrected chi connectivity index (χ4v) is 0.389. The molecule has 0 radical (unpaired) electrons. The van der Waals surface area contributed by atoms with Crippen LogP contribution in [0.1, 0.15) is 6.42 Å². The van der Waals surface area contributed by atoms with Gasteiger partial charge in [0.15, 0.2) is 0 Å². The Hall–Kier alpha value is 0.318. The van der Waals surface area contributed by atoms with Crippen molar-refractivity contribution in [2.24, 2.45) is 0 Å². The number of rotatable bonds is 1. The summed E-state index contributed by atoms with van der Waals surface area (Å²) in [6.45, 7) is 0.892. The molecule has 0 aromatic rings. The monoisotopic (exact) mass is 268 g/mol. The van der Waals surface area contributed by atoms with Crippen LogP contribution < -0.4 is 0 Å². The third-order valence-corrected chi connectivity index (χ3v) is 0.946. The summed E-state index contributed by atoms with van der Waals surface area (Å²) >= 11 is 0. The molecule has 0 saturated carbocycles. The van der Waals surface area contributed by atoms with Crippen molar-refractivity contribution in [3.8, 4) is 0 Å². The fraction of sp³-hybridized carbons (Fsp3) is 0.750. The maximum atomic E-state index is 9.69. The average Bonchev–Trinajstić information content (AvgIpc) is 1.31. The van der Waals surface area contributed by atoms with E-state index in [1.165, 1.54) is 0 Å². The van der Waals surface area contributed by atoms with E-state index in [4.69, 9.17) is 0 Å². The van der Waals surface area contributed by atoms with E-state index in [0.29, 0.717) is 0 Å². The van der Waals surface area contributed by atoms with Gasteiger partial charge in [-0.1, -0.05) is 12.5 Å². The van der Waals surface area contributed by atoms with E-state index in [0.717, 1.165) is 19.3 Å². The molecule has 0 N–H and O–H groups in total. The van der Waals surface area contributed by atoms with Gasteiger partial charge in [-0.05, 0) is 0 Å². The first-order valence-corrected chi connectivity index (χ1v) is 2.05. The van der Waals surface area contributed by atoms with Crippen molar-refractivity contribution >= 4 is 6.29 Å². The van der Waals surface area contributed by atoms with Crippen molar-refractivity contribution in [1.82, 2.24) is 0 Å². The van der Waals surface area contributed by atoms with Crippen LogP contribution in [0.4, 0.5) is 0 Å². The zero-order valence-electron chi connectivity index (χ0n) is 3.83. The van der Waals surface area contributed by atoms with E-state index in [-0.39, 0.29) is 27.1 Å². The van der Waals surface area contributed by atoms with Gasteiger partial charge in [0.2, 0.25) is 0 Å². The molecular formula is C4H6NOW+. The van der Waals surface area contributed by atoms with Crippen LogP contribution in [0.15, 0.2) is 0 Å². The van der Waals surface area contributed by atoms with Crippen LogP contribution in [-0.2, 0) is 25.9 Å². The third kappa shape index (κ3) is 1.70. The SMILES string of the molecule is O=CC1CC[N-]1.[W+2]. The molecule has 1 saturated heterocycles. The molecule has 0 aromatic carbocycles. The molecule has 2 nitrogen and oxygen atoms in total. The summed E-state index contributed by atoms with van der Waals surface area (Å²) in [6.07, 6.45) is 1.87. The van der Waals surface area contributed by atoms with E-state index < -0.39 is 0 Å². The Morgan fingerprint density at radius 2 is 2.29 bits per heavy atom. The fourth-order valence-electron chi connectivity index (χ4n) is 0.389. The van der Waals surface area contributed by atoms with E-state index >= 15 is 0 Å². The van der Waals surface area contributed by atoms with Gasteiger partial charge in [-0.2, -0.15) is 0 Å². The van der Waals surface area contributed by atoms with E-state index in [1.807, 2.05) is 0 Å². The number of carbonyl (C=O) groups is 1. The zero-order valence-corrected chi connectivity index (χ0v) is 6.77. The molecular weight excluding hydrogens is 262 g/mol. The predicted molar refractivity (Wildman–Crippen MR) is 22.7 cm³/mol. The minimum absolute atomic E-state index is 0. The molecule has 38 valence electrons. The maximum Gasteiger partial charge on any atom is 2.00 e. The Labute approximate surface area is 56.9 Å². The Kier molecular flexibility index (Phi) is 3.49. The topological polar surface area (TPSA) is 31.2 Å². The van der Waals surface area contributed by atoms with Crippen LogP contribution >= 0.6 is 0 Å². The minimum Gasteiger partial charge on any atom is -0.654 e. The van der Waals surface area contributed by atoms with Gasteiger partial charge in [0.25, 0.3) is 0 Å². The van der Waals surface area contributed by atoms with Crippen LogP contribution in [0.3, 0.4) is 0 Å². The van der Waals surface area contributed by atoms with Gasteiger partial charge in [-0.25, -0.2) is 0 Å². The Morgan fingerprint density at radius 1 is 1.71 bits per heavy atom. The van der Waals surface area contributed by atoms with E-state index in [9.17, 15) is 4.79 Å². The molecule has 3 heteroatoms. The number of nitrogens with zero attached hydrogens (tertiary/aromatic N) is 1. The van der Waals surface area contributed by atoms with Gasteiger partial charge in [-0.3, -0.25) is 0 Å². The molecule has 7 heavy (non-hydrogen) atoms. The molecule has 1 aliphatic rings. The van der Waals surface area contributed by atoms with Crippen LogP contribution in [0.5, 0.6) is 0 Å². The molecule has 0 amide bonds. The van der Waals surface area contributed by atoms with Crippen molar-refractivity contribution in [3.05, 3.63) is 5.32 Å². The Bertz CT molecular complexity index is 62.7. The molecule has 0 bridgehead atoms. The van der Waals surface area contributed by atoms with Crippen LogP contribution in [0, 0.1) is 0 Å². The summed E-state index contributed by atoms with van der Waals surface area (Å²) in [4.78, 5) is 9.69. The molecule has 1 unspecified atom stereocenters. The van der Waals surface area contributed by atoms with Crippen molar-refractivity contribution in [2.45, 2.75) is 12.5 Å². The van der Waals surface area contributed by atoms with Crippen molar-refractivity contribution in [3.63, 3.8) is 0 Å². The average molecular weight is 268 g/mol. The van der Waals surface area contributed by atoms with Gasteiger partial charge in [0.1, 0.15) is 6.29 Å². The molecule has 1 rings (SSSR count). The second-order valence-corrected chi connectivity index (χ2v) is 1.40. The molecule has 1 fully saturated rings. The smallest absolute Gasteiger partial charge is 0.654 e. The van der Waals surface area contributed by atoms with Gasteiger partial charge in [-0.15, -0.1) is 6.54 Å².